The van der Waals surface area contributed by atoms with Crippen molar-refractivity contribution in [1.29, 1.82) is 0 Å². The second-order valence-electron chi connectivity index (χ2n) is 4.17. The topological polar surface area (TPSA) is 3.24 Å². The van der Waals surface area contributed by atoms with Crippen LogP contribution in [0.1, 0.15) is 11.5 Å². The molecule has 0 aromatic heterocycles. The monoisotopic (exact) mass is 299 g/mol. The highest BCUT2D eigenvalue weighted by molar-refractivity contribution is 9.09. The average Bonchev–Trinajstić information content (AvgIpc) is 2.38. The summed E-state index contributed by atoms with van der Waals surface area (Å²) < 4.78 is 0. The molecule has 1 atom stereocenters. The molecule has 1 unspecified atom stereocenters. The van der Waals surface area contributed by atoms with Crippen LogP contribution >= 0.6 is 27.7 Å². The van der Waals surface area contributed by atoms with Crippen molar-refractivity contribution < 1.29 is 0 Å². The second kappa shape index (κ2) is 6.67. The molecule has 0 radical (unpaired) electrons. The third kappa shape index (κ3) is 3.51. The number of hydrogen-bond acceptors (Lipinski definition) is 2. The van der Waals surface area contributed by atoms with E-state index in [0.29, 0.717) is 5.92 Å². The van der Waals surface area contributed by atoms with Crippen LogP contribution in [0.2, 0.25) is 0 Å². The first kappa shape index (κ1) is 12.5. The Bertz CT molecular complexity index is 298. The molecule has 1 aromatic rings. The van der Waals surface area contributed by atoms with Crippen molar-refractivity contribution in [2.45, 2.75) is 5.92 Å². The molecule has 0 spiro atoms. The van der Waals surface area contributed by atoms with Crippen LogP contribution < -0.4 is 0 Å². The number of hydrogen-bond donors (Lipinski definition) is 0. The Morgan fingerprint density at radius 1 is 1.19 bits per heavy atom. The maximum atomic E-state index is 3.65. The lowest BCUT2D eigenvalue weighted by Crippen LogP contribution is -2.36. The summed E-state index contributed by atoms with van der Waals surface area (Å²) in [6, 6.07) is 10.8. The van der Waals surface area contributed by atoms with Crippen LogP contribution in [-0.4, -0.2) is 41.4 Å². The van der Waals surface area contributed by atoms with Crippen molar-refractivity contribution in [3.63, 3.8) is 0 Å². The van der Waals surface area contributed by atoms with Crippen LogP contribution in [0.5, 0.6) is 0 Å². The Labute approximate surface area is 111 Å². The molecule has 2 rings (SSSR count). The van der Waals surface area contributed by atoms with Gasteiger partial charge in [-0.2, -0.15) is 11.8 Å². The predicted molar refractivity (Wildman–Crippen MR) is 76.7 cm³/mol. The number of thioether (sulfide) groups is 1. The summed E-state index contributed by atoms with van der Waals surface area (Å²) in [6.07, 6.45) is 0. The van der Waals surface area contributed by atoms with E-state index in [9.17, 15) is 0 Å². The smallest absolute Gasteiger partial charge is 0.0112 e. The fourth-order valence-electron chi connectivity index (χ4n) is 2.06. The fourth-order valence-corrected chi connectivity index (χ4v) is 3.62. The van der Waals surface area contributed by atoms with Gasteiger partial charge in [-0.25, -0.2) is 0 Å². The minimum absolute atomic E-state index is 0.629. The molecule has 3 heteroatoms. The molecular weight excluding hydrogens is 282 g/mol. The molecule has 0 aliphatic carbocycles. The molecule has 88 valence electrons. The van der Waals surface area contributed by atoms with Gasteiger partial charge in [0.2, 0.25) is 0 Å². The summed E-state index contributed by atoms with van der Waals surface area (Å²) in [5.41, 5.74) is 1.46. The summed E-state index contributed by atoms with van der Waals surface area (Å²) in [5, 5.41) is 1.06. The van der Waals surface area contributed by atoms with Gasteiger partial charge in [0.15, 0.2) is 0 Å². The van der Waals surface area contributed by atoms with E-state index in [-0.39, 0.29) is 0 Å². The van der Waals surface area contributed by atoms with Crippen LogP contribution in [0.3, 0.4) is 0 Å². The minimum atomic E-state index is 0.629. The number of halogens is 1. The van der Waals surface area contributed by atoms with E-state index < -0.39 is 0 Å². The predicted octanol–water partition coefficient (Wildman–Crippen LogP) is 3.21. The zero-order chi connectivity index (χ0) is 11.2. The highest BCUT2D eigenvalue weighted by Crippen LogP contribution is 2.21. The van der Waals surface area contributed by atoms with Gasteiger partial charge in [-0.15, -0.1) is 0 Å². The molecule has 1 saturated heterocycles. The van der Waals surface area contributed by atoms with Gasteiger partial charge in [-0.3, -0.25) is 0 Å². The van der Waals surface area contributed by atoms with Gasteiger partial charge >= 0.3 is 0 Å². The molecule has 1 nitrogen and oxygen atoms in total. The average molecular weight is 300 g/mol. The maximum absolute atomic E-state index is 3.65. The number of nitrogens with zero attached hydrogens (tertiary/aromatic N) is 1. The molecule has 1 fully saturated rings. The molecule has 0 saturated carbocycles. The van der Waals surface area contributed by atoms with Gasteiger partial charge in [0, 0.05) is 42.4 Å². The quantitative estimate of drug-likeness (QED) is 0.786. The summed E-state index contributed by atoms with van der Waals surface area (Å²) in [4.78, 5) is 2.59. The van der Waals surface area contributed by atoms with Crippen molar-refractivity contribution in [1.82, 2.24) is 4.90 Å². The van der Waals surface area contributed by atoms with Gasteiger partial charge in [0.25, 0.3) is 0 Å². The standard InChI is InChI=1S/C13H18BrNS/c14-10-13(12-4-2-1-3-5-12)11-15-6-8-16-9-7-15/h1-5,13H,6-11H2. The van der Waals surface area contributed by atoms with E-state index in [1.165, 1.54) is 36.7 Å². The first-order chi connectivity index (χ1) is 7.90. The first-order valence-corrected chi connectivity index (χ1v) is 8.09. The van der Waals surface area contributed by atoms with Crippen molar-refractivity contribution in [3.8, 4) is 0 Å². The number of rotatable bonds is 4. The molecular formula is C13H18BrNS. The van der Waals surface area contributed by atoms with Crippen molar-refractivity contribution in [2.75, 3.05) is 36.5 Å². The molecule has 0 bridgehead atoms. The van der Waals surface area contributed by atoms with Crippen LogP contribution in [-0.2, 0) is 0 Å². The first-order valence-electron chi connectivity index (χ1n) is 5.81. The second-order valence-corrected chi connectivity index (χ2v) is 6.05. The lowest BCUT2D eigenvalue weighted by Gasteiger charge is -2.29. The maximum Gasteiger partial charge on any atom is 0.0112 e. The number of alkyl halides is 1. The molecule has 0 N–H and O–H groups in total. The lowest BCUT2D eigenvalue weighted by molar-refractivity contribution is 0.289. The van der Waals surface area contributed by atoms with E-state index in [2.05, 4.69) is 62.9 Å². The highest BCUT2D eigenvalue weighted by atomic mass is 79.9. The Kier molecular flexibility index (Phi) is 5.20. The van der Waals surface area contributed by atoms with Crippen LogP contribution in [0.15, 0.2) is 30.3 Å². The van der Waals surface area contributed by atoms with Gasteiger partial charge in [0.05, 0.1) is 0 Å². The molecule has 0 amide bonds. The summed E-state index contributed by atoms with van der Waals surface area (Å²) in [7, 11) is 0. The Morgan fingerprint density at radius 3 is 2.50 bits per heavy atom. The lowest BCUT2D eigenvalue weighted by atomic mass is 10.0. The fraction of sp³-hybridized carbons (Fsp3) is 0.538. The third-order valence-electron chi connectivity index (χ3n) is 3.04. The summed E-state index contributed by atoms with van der Waals surface area (Å²) in [5.74, 6) is 3.22. The number of benzene rings is 1. The Morgan fingerprint density at radius 2 is 1.88 bits per heavy atom. The van der Waals surface area contributed by atoms with Gasteiger partial charge < -0.3 is 4.90 Å². The van der Waals surface area contributed by atoms with Crippen LogP contribution in [0.25, 0.3) is 0 Å². The highest BCUT2D eigenvalue weighted by Gasteiger charge is 2.16. The van der Waals surface area contributed by atoms with Gasteiger partial charge in [0.1, 0.15) is 0 Å². The van der Waals surface area contributed by atoms with E-state index in [1.54, 1.807) is 0 Å². The van der Waals surface area contributed by atoms with Crippen LogP contribution in [0.4, 0.5) is 0 Å². The van der Waals surface area contributed by atoms with E-state index >= 15 is 0 Å². The minimum Gasteiger partial charge on any atom is -0.301 e. The third-order valence-corrected chi connectivity index (χ3v) is 4.76. The zero-order valence-electron chi connectivity index (χ0n) is 9.44. The molecule has 1 aliphatic rings. The normalized spacial score (nSPS) is 19.6. The van der Waals surface area contributed by atoms with Crippen molar-refractivity contribution >= 4 is 27.7 Å². The van der Waals surface area contributed by atoms with E-state index in [0.717, 1.165) is 5.33 Å². The Balaban J connectivity index is 1.94. The van der Waals surface area contributed by atoms with E-state index in [1.807, 2.05) is 0 Å². The zero-order valence-corrected chi connectivity index (χ0v) is 11.8. The van der Waals surface area contributed by atoms with Crippen molar-refractivity contribution in [3.05, 3.63) is 35.9 Å². The largest absolute Gasteiger partial charge is 0.301 e. The van der Waals surface area contributed by atoms with Gasteiger partial charge in [-0.1, -0.05) is 46.3 Å². The molecule has 1 aromatic carbocycles. The molecule has 16 heavy (non-hydrogen) atoms. The SMILES string of the molecule is BrCC(CN1CCSCC1)c1ccccc1. The Hall–Kier alpha value is 0.0100. The van der Waals surface area contributed by atoms with E-state index in [4.69, 9.17) is 0 Å². The molecule has 1 heterocycles. The summed E-state index contributed by atoms with van der Waals surface area (Å²) >= 11 is 5.72. The van der Waals surface area contributed by atoms with Gasteiger partial charge in [-0.05, 0) is 5.56 Å². The van der Waals surface area contributed by atoms with Crippen molar-refractivity contribution in [2.24, 2.45) is 0 Å². The van der Waals surface area contributed by atoms with Crippen LogP contribution in [0, 0.1) is 0 Å². The summed E-state index contributed by atoms with van der Waals surface area (Å²) in [6.45, 7) is 3.69. The molecule has 1 aliphatic heterocycles.